The zero-order valence-electron chi connectivity index (χ0n) is 20.1. The number of aromatic nitrogens is 1. The van der Waals surface area contributed by atoms with Gasteiger partial charge in [0.1, 0.15) is 5.82 Å². The maximum Gasteiger partial charge on any atom is 0.416 e. The number of rotatable bonds is 7. The maximum atomic E-state index is 13.4. The highest BCUT2D eigenvalue weighted by atomic mass is 19.4. The second-order valence-corrected chi connectivity index (χ2v) is 9.32. The molecule has 2 aliphatic heterocycles. The molecule has 35 heavy (non-hydrogen) atoms. The molecule has 1 amide bonds. The summed E-state index contributed by atoms with van der Waals surface area (Å²) in [5, 5.41) is 0. The third-order valence-electron chi connectivity index (χ3n) is 7.12. The van der Waals surface area contributed by atoms with Crippen LogP contribution in [-0.4, -0.2) is 72.2 Å². The molecule has 190 valence electrons. The van der Waals surface area contributed by atoms with E-state index in [1.807, 2.05) is 18.2 Å². The van der Waals surface area contributed by atoms with Gasteiger partial charge in [-0.05, 0) is 30.5 Å². The average molecular weight is 491 g/mol. The topological polar surface area (TPSA) is 48.9 Å². The predicted octanol–water partition coefficient (Wildman–Crippen LogP) is 4.21. The van der Waals surface area contributed by atoms with Crippen LogP contribution in [-0.2, 0) is 22.3 Å². The van der Waals surface area contributed by atoms with Gasteiger partial charge in [-0.15, -0.1) is 0 Å². The van der Waals surface area contributed by atoms with Crippen molar-refractivity contribution in [2.75, 3.05) is 50.8 Å². The standard InChI is InChI=1S/C26H33F3N4O2/c1-2-24(34)33(23-18-22(8-11-30-23)26(27,28)29)20-25(9-16-35-17-10-25)32-14-12-31(13-15-32)19-21-6-4-3-5-7-21/h3-8,11,18H,2,9-10,12-17,19-20H2,1H3. The van der Waals surface area contributed by atoms with Crippen molar-refractivity contribution in [1.82, 2.24) is 14.8 Å². The minimum absolute atomic E-state index is 0.0558. The lowest BCUT2D eigenvalue weighted by Crippen LogP contribution is -2.63. The van der Waals surface area contributed by atoms with Crippen molar-refractivity contribution >= 4 is 11.7 Å². The van der Waals surface area contributed by atoms with Crippen LogP contribution in [0, 0.1) is 0 Å². The zero-order valence-corrected chi connectivity index (χ0v) is 20.1. The fraction of sp³-hybridized carbons (Fsp3) is 0.538. The quantitative estimate of drug-likeness (QED) is 0.582. The van der Waals surface area contributed by atoms with Crippen LogP contribution in [0.1, 0.15) is 37.3 Å². The van der Waals surface area contributed by atoms with Gasteiger partial charge in [0, 0.05) is 70.6 Å². The molecule has 0 radical (unpaired) electrons. The SMILES string of the molecule is CCC(=O)N(CC1(N2CCN(Cc3ccccc3)CC2)CCOCC1)c1cc(C(F)(F)F)ccn1. The van der Waals surface area contributed by atoms with Crippen LogP contribution in [0.3, 0.4) is 0 Å². The van der Waals surface area contributed by atoms with Crippen molar-refractivity contribution in [3.05, 3.63) is 59.8 Å². The molecule has 2 aliphatic rings. The zero-order chi connectivity index (χ0) is 24.9. The van der Waals surface area contributed by atoms with E-state index < -0.39 is 11.7 Å². The number of anilines is 1. The molecule has 0 spiro atoms. The number of hydrogen-bond acceptors (Lipinski definition) is 5. The molecular weight excluding hydrogens is 457 g/mol. The van der Waals surface area contributed by atoms with Crippen molar-refractivity contribution in [1.29, 1.82) is 0 Å². The number of nitrogens with zero attached hydrogens (tertiary/aromatic N) is 4. The summed E-state index contributed by atoms with van der Waals surface area (Å²) < 4.78 is 45.8. The number of pyridine rings is 1. The largest absolute Gasteiger partial charge is 0.416 e. The number of alkyl halides is 3. The molecule has 4 rings (SSSR count). The van der Waals surface area contributed by atoms with Gasteiger partial charge >= 0.3 is 6.18 Å². The van der Waals surface area contributed by atoms with Crippen molar-refractivity contribution in [2.45, 2.75) is 44.4 Å². The van der Waals surface area contributed by atoms with Crippen LogP contribution < -0.4 is 4.90 Å². The van der Waals surface area contributed by atoms with Gasteiger partial charge in [-0.3, -0.25) is 19.5 Å². The van der Waals surface area contributed by atoms with Gasteiger partial charge in [0.15, 0.2) is 0 Å². The molecule has 0 N–H and O–H groups in total. The van der Waals surface area contributed by atoms with E-state index in [2.05, 4.69) is 26.9 Å². The summed E-state index contributed by atoms with van der Waals surface area (Å²) in [6.07, 6.45) is -1.73. The lowest BCUT2D eigenvalue weighted by Gasteiger charge is -2.51. The number of hydrogen-bond donors (Lipinski definition) is 0. The van der Waals surface area contributed by atoms with E-state index in [0.29, 0.717) is 19.8 Å². The number of ether oxygens (including phenoxy) is 1. The van der Waals surface area contributed by atoms with E-state index in [4.69, 9.17) is 4.74 Å². The Morgan fingerprint density at radius 2 is 1.77 bits per heavy atom. The van der Waals surface area contributed by atoms with Crippen LogP contribution in [0.2, 0.25) is 0 Å². The highest BCUT2D eigenvalue weighted by Gasteiger charge is 2.43. The highest BCUT2D eigenvalue weighted by molar-refractivity contribution is 5.92. The van der Waals surface area contributed by atoms with Gasteiger partial charge in [-0.2, -0.15) is 13.2 Å². The van der Waals surface area contributed by atoms with Gasteiger partial charge in [-0.25, -0.2) is 4.98 Å². The molecule has 2 saturated heterocycles. The summed E-state index contributed by atoms with van der Waals surface area (Å²) in [7, 11) is 0. The Balaban J connectivity index is 1.53. The van der Waals surface area contributed by atoms with E-state index in [-0.39, 0.29) is 23.7 Å². The minimum Gasteiger partial charge on any atom is -0.381 e. The third-order valence-corrected chi connectivity index (χ3v) is 7.12. The normalized spacial score (nSPS) is 19.4. The molecule has 1 aromatic heterocycles. The summed E-state index contributed by atoms with van der Waals surface area (Å²) in [6.45, 7) is 7.48. The van der Waals surface area contributed by atoms with Crippen LogP contribution in [0.5, 0.6) is 0 Å². The predicted molar refractivity (Wildman–Crippen MR) is 128 cm³/mol. The Kier molecular flexibility index (Phi) is 8.09. The highest BCUT2D eigenvalue weighted by Crippen LogP contribution is 2.34. The van der Waals surface area contributed by atoms with Crippen molar-refractivity contribution in [3.63, 3.8) is 0 Å². The molecule has 1 aromatic carbocycles. The Hall–Kier alpha value is -2.49. The Morgan fingerprint density at radius 3 is 2.40 bits per heavy atom. The Bertz CT molecular complexity index is 972. The summed E-state index contributed by atoms with van der Waals surface area (Å²) in [5.41, 5.74) is 0.113. The first kappa shape index (κ1) is 25.6. The first-order valence-corrected chi connectivity index (χ1v) is 12.2. The number of benzene rings is 1. The molecule has 0 aliphatic carbocycles. The van der Waals surface area contributed by atoms with Crippen LogP contribution >= 0.6 is 0 Å². The summed E-state index contributed by atoms with van der Waals surface area (Å²) in [5.74, 6) is -0.175. The molecule has 0 saturated carbocycles. The summed E-state index contributed by atoms with van der Waals surface area (Å²) >= 11 is 0. The van der Waals surface area contributed by atoms with Gasteiger partial charge in [0.25, 0.3) is 0 Å². The van der Waals surface area contributed by atoms with Crippen molar-refractivity contribution in [3.8, 4) is 0 Å². The van der Waals surface area contributed by atoms with Crippen molar-refractivity contribution < 1.29 is 22.7 Å². The molecule has 2 aromatic rings. The van der Waals surface area contributed by atoms with E-state index in [1.165, 1.54) is 10.5 Å². The molecule has 6 nitrogen and oxygen atoms in total. The number of amides is 1. The van der Waals surface area contributed by atoms with Crippen LogP contribution in [0.4, 0.5) is 19.0 Å². The number of piperazine rings is 1. The van der Waals surface area contributed by atoms with Gasteiger partial charge in [0.2, 0.25) is 5.91 Å². The number of halogens is 3. The van der Waals surface area contributed by atoms with Gasteiger partial charge in [-0.1, -0.05) is 37.3 Å². The molecule has 2 fully saturated rings. The molecule has 3 heterocycles. The lowest BCUT2D eigenvalue weighted by molar-refractivity contribution is -0.137. The maximum absolute atomic E-state index is 13.4. The number of carbonyl (C=O) groups is 1. The summed E-state index contributed by atoms with van der Waals surface area (Å²) in [4.78, 5) is 23.4. The molecule has 0 bridgehead atoms. The monoisotopic (exact) mass is 490 g/mol. The van der Waals surface area contributed by atoms with Crippen LogP contribution in [0.15, 0.2) is 48.7 Å². The first-order chi connectivity index (χ1) is 16.8. The molecular formula is C26H33F3N4O2. The van der Waals surface area contributed by atoms with E-state index in [1.54, 1.807) is 6.92 Å². The molecule has 0 unspecified atom stereocenters. The van der Waals surface area contributed by atoms with Crippen LogP contribution in [0.25, 0.3) is 0 Å². The molecule has 0 atom stereocenters. The second-order valence-electron chi connectivity index (χ2n) is 9.32. The third kappa shape index (κ3) is 6.20. The Morgan fingerprint density at radius 1 is 1.09 bits per heavy atom. The second kappa shape index (κ2) is 11.1. The average Bonchev–Trinajstić information content (AvgIpc) is 2.88. The Labute approximate surface area is 204 Å². The lowest BCUT2D eigenvalue weighted by atomic mass is 9.86. The van der Waals surface area contributed by atoms with Gasteiger partial charge in [0.05, 0.1) is 5.56 Å². The fourth-order valence-electron chi connectivity index (χ4n) is 5.07. The van der Waals surface area contributed by atoms with E-state index >= 15 is 0 Å². The van der Waals surface area contributed by atoms with Crippen molar-refractivity contribution in [2.24, 2.45) is 0 Å². The van der Waals surface area contributed by atoms with E-state index in [0.717, 1.165) is 63.9 Å². The minimum atomic E-state index is -4.50. The fourth-order valence-corrected chi connectivity index (χ4v) is 5.07. The van der Waals surface area contributed by atoms with E-state index in [9.17, 15) is 18.0 Å². The first-order valence-electron chi connectivity index (χ1n) is 12.2. The van der Waals surface area contributed by atoms with Gasteiger partial charge < -0.3 is 4.74 Å². The molecule has 9 heteroatoms. The smallest absolute Gasteiger partial charge is 0.381 e. The number of carbonyl (C=O) groups excluding carboxylic acids is 1. The summed E-state index contributed by atoms with van der Waals surface area (Å²) in [6, 6.07) is 12.3.